The van der Waals surface area contributed by atoms with Gasteiger partial charge < -0.3 is 9.64 Å². The number of carbonyl (C=O) groups excluding carboxylic acids is 1. The van der Waals surface area contributed by atoms with Gasteiger partial charge in [-0.1, -0.05) is 12.1 Å². The van der Waals surface area contributed by atoms with Crippen molar-refractivity contribution in [3.63, 3.8) is 0 Å². The van der Waals surface area contributed by atoms with E-state index in [1.54, 1.807) is 38.1 Å². The minimum atomic E-state index is -0.333. The maximum Gasteiger partial charge on any atom is 0.293 e. The first kappa shape index (κ1) is 18.6. The molecule has 3 rings (SSSR count). The van der Waals surface area contributed by atoms with Crippen molar-refractivity contribution in [2.75, 3.05) is 14.2 Å². The predicted octanol–water partition coefficient (Wildman–Crippen LogP) is 3.56. The largest absolute Gasteiger partial charge is 0.497 e. The van der Waals surface area contributed by atoms with Crippen LogP contribution in [0.5, 0.6) is 5.75 Å². The van der Waals surface area contributed by atoms with Crippen LogP contribution in [0, 0.1) is 12.7 Å². The average Bonchev–Trinajstić information content (AvgIpc) is 3.08. The molecule has 27 heavy (non-hydrogen) atoms. The van der Waals surface area contributed by atoms with Gasteiger partial charge in [-0.25, -0.2) is 14.1 Å². The highest BCUT2D eigenvalue weighted by Gasteiger charge is 2.23. The van der Waals surface area contributed by atoms with E-state index in [0.717, 1.165) is 11.3 Å². The SMILES string of the molecule is COc1ccc([C@@H](C)N(C)C(=O)c2nc(C)n(-c3ccc(F)cc3)n2)cc1. The molecular weight excluding hydrogens is 347 g/mol. The summed E-state index contributed by atoms with van der Waals surface area (Å²) in [5.41, 5.74) is 1.62. The van der Waals surface area contributed by atoms with E-state index in [1.807, 2.05) is 31.2 Å². The lowest BCUT2D eigenvalue weighted by Crippen LogP contribution is -2.30. The Labute approximate surface area is 157 Å². The van der Waals surface area contributed by atoms with E-state index in [2.05, 4.69) is 10.1 Å². The van der Waals surface area contributed by atoms with Crippen molar-refractivity contribution in [3.05, 3.63) is 71.6 Å². The molecule has 1 amide bonds. The molecule has 140 valence electrons. The summed E-state index contributed by atoms with van der Waals surface area (Å²) in [5.74, 6) is 0.786. The first-order valence-electron chi connectivity index (χ1n) is 8.51. The second kappa shape index (κ2) is 7.57. The third kappa shape index (κ3) is 3.81. The summed E-state index contributed by atoms with van der Waals surface area (Å²) in [6, 6.07) is 13.3. The Hall–Kier alpha value is -3.22. The van der Waals surface area contributed by atoms with Crippen molar-refractivity contribution >= 4 is 5.91 Å². The standard InChI is InChI=1S/C20H21FN4O2/c1-13(15-5-11-18(27-4)12-6-15)24(3)20(26)19-22-14(2)25(23-19)17-9-7-16(21)8-10-17/h5-13H,1-4H3/t13-/m1/s1. The number of hydrogen-bond donors (Lipinski definition) is 0. The lowest BCUT2D eigenvalue weighted by molar-refractivity contribution is 0.0730. The van der Waals surface area contributed by atoms with E-state index in [-0.39, 0.29) is 23.6 Å². The molecule has 3 aromatic rings. The molecule has 0 aliphatic carbocycles. The number of benzene rings is 2. The van der Waals surface area contributed by atoms with E-state index in [9.17, 15) is 9.18 Å². The van der Waals surface area contributed by atoms with Crippen molar-refractivity contribution < 1.29 is 13.9 Å². The number of ether oxygens (including phenoxy) is 1. The van der Waals surface area contributed by atoms with Gasteiger partial charge in [0.05, 0.1) is 18.8 Å². The number of nitrogens with zero attached hydrogens (tertiary/aromatic N) is 4. The molecule has 2 aromatic carbocycles. The van der Waals surface area contributed by atoms with Crippen LogP contribution in [0.1, 0.15) is 35.0 Å². The molecule has 0 radical (unpaired) electrons. The van der Waals surface area contributed by atoms with Crippen molar-refractivity contribution in [2.24, 2.45) is 0 Å². The van der Waals surface area contributed by atoms with Crippen molar-refractivity contribution in [1.82, 2.24) is 19.7 Å². The summed E-state index contributed by atoms with van der Waals surface area (Å²) in [7, 11) is 3.32. The lowest BCUT2D eigenvalue weighted by Gasteiger charge is -2.24. The summed E-state index contributed by atoms with van der Waals surface area (Å²) in [6.07, 6.45) is 0. The van der Waals surface area contributed by atoms with Crippen molar-refractivity contribution in [3.8, 4) is 11.4 Å². The number of hydrogen-bond acceptors (Lipinski definition) is 4. The Morgan fingerprint density at radius 3 is 2.37 bits per heavy atom. The highest BCUT2D eigenvalue weighted by Crippen LogP contribution is 2.23. The molecule has 0 bridgehead atoms. The first-order chi connectivity index (χ1) is 12.9. The summed E-state index contributed by atoms with van der Waals surface area (Å²) in [5, 5.41) is 4.31. The molecular formula is C20H21FN4O2. The van der Waals surface area contributed by atoms with Crippen LogP contribution < -0.4 is 4.74 Å². The van der Waals surface area contributed by atoms with Gasteiger partial charge in [0.2, 0.25) is 5.82 Å². The Balaban J connectivity index is 1.82. The van der Waals surface area contributed by atoms with Gasteiger partial charge >= 0.3 is 0 Å². The zero-order valence-corrected chi connectivity index (χ0v) is 15.7. The highest BCUT2D eigenvalue weighted by molar-refractivity contribution is 5.90. The number of halogens is 1. The van der Waals surface area contributed by atoms with Gasteiger partial charge in [0.1, 0.15) is 17.4 Å². The molecule has 6 nitrogen and oxygen atoms in total. The molecule has 0 unspecified atom stereocenters. The summed E-state index contributed by atoms with van der Waals surface area (Å²) in [4.78, 5) is 18.7. The van der Waals surface area contributed by atoms with Crippen LogP contribution in [-0.2, 0) is 0 Å². The second-order valence-corrected chi connectivity index (χ2v) is 6.24. The van der Waals surface area contributed by atoms with E-state index in [0.29, 0.717) is 11.5 Å². The number of rotatable bonds is 5. The maximum atomic E-state index is 13.1. The van der Waals surface area contributed by atoms with Gasteiger partial charge in [0, 0.05) is 7.05 Å². The molecule has 1 atom stereocenters. The van der Waals surface area contributed by atoms with Gasteiger partial charge in [-0.15, -0.1) is 5.10 Å². The van der Waals surface area contributed by atoms with Crippen molar-refractivity contribution in [2.45, 2.75) is 19.9 Å². The maximum absolute atomic E-state index is 13.1. The summed E-state index contributed by atoms with van der Waals surface area (Å²) in [6.45, 7) is 3.68. The molecule has 0 saturated carbocycles. The smallest absolute Gasteiger partial charge is 0.293 e. The summed E-state index contributed by atoms with van der Waals surface area (Å²) >= 11 is 0. The minimum Gasteiger partial charge on any atom is -0.497 e. The zero-order valence-electron chi connectivity index (χ0n) is 15.7. The van der Waals surface area contributed by atoms with Crippen LogP contribution in [0.3, 0.4) is 0 Å². The van der Waals surface area contributed by atoms with Gasteiger partial charge in [-0.2, -0.15) is 0 Å². The number of aromatic nitrogens is 3. The van der Waals surface area contributed by atoms with Crippen molar-refractivity contribution in [1.29, 1.82) is 0 Å². The lowest BCUT2D eigenvalue weighted by atomic mass is 10.1. The number of methoxy groups -OCH3 is 1. The number of aryl methyl sites for hydroxylation is 1. The van der Waals surface area contributed by atoms with E-state index >= 15 is 0 Å². The van der Waals surface area contributed by atoms with Crippen LogP contribution in [0.4, 0.5) is 4.39 Å². The molecule has 0 spiro atoms. The van der Waals surface area contributed by atoms with Gasteiger partial charge in [-0.3, -0.25) is 4.79 Å². The number of carbonyl (C=O) groups is 1. The zero-order chi connectivity index (χ0) is 19.6. The molecule has 0 aliphatic heterocycles. The molecule has 1 heterocycles. The molecule has 0 N–H and O–H groups in total. The molecule has 0 aliphatic rings. The molecule has 0 saturated heterocycles. The Morgan fingerprint density at radius 1 is 1.15 bits per heavy atom. The van der Waals surface area contributed by atoms with Crippen LogP contribution in [0.2, 0.25) is 0 Å². The van der Waals surface area contributed by atoms with Crippen LogP contribution in [0.25, 0.3) is 5.69 Å². The quantitative estimate of drug-likeness (QED) is 0.691. The monoisotopic (exact) mass is 368 g/mol. The molecule has 0 fully saturated rings. The van der Waals surface area contributed by atoms with Gasteiger partial charge in [-0.05, 0) is 55.8 Å². The van der Waals surface area contributed by atoms with E-state index in [1.165, 1.54) is 16.8 Å². The van der Waals surface area contributed by atoms with Gasteiger partial charge in [0.25, 0.3) is 5.91 Å². The van der Waals surface area contributed by atoms with Gasteiger partial charge in [0.15, 0.2) is 0 Å². The fourth-order valence-corrected chi connectivity index (χ4v) is 2.75. The van der Waals surface area contributed by atoms with E-state index < -0.39 is 0 Å². The fraction of sp³-hybridized carbons (Fsp3) is 0.250. The Bertz CT molecular complexity index is 936. The highest BCUT2D eigenvalue weighted by atomic mass is 19.1. The second-order valence-electron chi connectivity index (χ2n) is 6.24. The molecule has 1 aromatic heterocycles. The first-order valence-corrected chi connectivity index (χ1v) is 8.51. The Morgan fingerprint density at radius 2 is 1.78 bits per heavy atom. The Kier molecular flexibility index (Phi) is 5.21. The van der Waals surface area contributed by atoms with Crippen LogP contribution in [-0.4, -0.2) is 39.7 Å². The average molecular weight is 368 g/mol. The van der Waals surface area contributed by atoms with Crippen LogP contribution >= 0.6 is 0 Å². The topological polar surface area (TPSA) is 60.2 Å². The number of amides is 1. The minimum absolute atomic E-state index is 0.0969. The normalized spacial score (nSPS) is 11.9. The van der Waals surface area contributed by atoms with E-state index in [4.69, 9.17) is 4.74 Å². The third-order valence-electron chi connectivity index (χ3n) is 4.53. The predicted molar refractivity (Wildman–Crippen MR) is 99.6 cm³/mol. The molecule has 7 heteroatoms. The fourth-order valence-electron chi connectivity index (χ4n) is 2.75. The van der Waals surface area contributed by atoms with Crippen LogP contribution in [0.15, 0.2) is 48.5 Å². The summed E-state index contributed by atoms with van der Waals surface area (Å²) < 4.78 is 19.8. The third-order valence-corrected chi connectivity index (χ3v) is 4.53.